The van der Waals surface area contributed by atoms with Crippen LogP contribution in [0.5, 0.6) is 5.75 Å². The first-order valence-electron chi connectivity index (χ1n) is 8.94. The van der Waals surface area contributed by atoms with Gasteiger partial charge < -0.3 is 14.6 Å². The highest BCUT2D eigenvalue weighted by molar-refractivity contribution is 6.33. The summed E-state index contributed by atoms with van der Waals surface area (Å²) in [6.45, 7) is 2.55. The molecule has 1 aromatic heterocycles. The molecule has 1 aliphatic rings. The number of ether oxygens (including phenoxy) is 1. The summed E-state index contributed by atoms with van der Waals surface area (Å²) < 4.78 is 25.2. The van der Waals surface area contributed by atoms with Gasteiger partial charge in [0.15, 0.2) is 0 Å². The molecule has 7 heteroatoms. The van der Waals surface area contributed by atoms with Crippen molar-refractivity contribution in [1.29, 1.82) is 0 Å². The second-order valence-corrected chi connectivity index (χ2v) is 7.17. The Kier molecular flexibility index (Phi) is 5.05. The lowest BCUT2D eigenvalue weighted by molar-refractivity contribution is 0.0938. The third-order valence-electron chi connectivity index (χ3n) is 4.80. The summed E-state index contributed by atoms with van der Waals surface area (Å²) in [5.41, 5.74) is 1.46. The molecule has 0 aliphatic carbocycles. The molecule has 2 aromatic carbocycles. The van der Waals surface area contributed by atoms with Gasteiger partial charge in [0.1, 0.15) is 28.6 Å². The fourth-order valence-electron chi connectivity index (χ4n) is 3.38. The van der Waals surface area contributed by atoms with Crippen molar-refractivity contribution < 1.29 is 18.4 Å². The predicted molar refractivity (Wildman–Crippen MR) is 103 cm³/mol. The number of nitrogens with one attached hydrogen (secondary N) is 1. The lowest BCUT2D eigenvalue weighted by atomic mass is 9.96. The minimum Gasteiger partial charge on any atom is -0.493 e. The van der Waals surface area contributed by atoms with Crippen LogP contribution in [0.2, 0.25) is 5.02 Å². The van der Waals surface area contributed by atoms with Crippen LogP contribution in [-0.2, 0) is 6.42 Å². The fourth-order valence-corrected chi connectivity index (χ4v) is 3.63. The molecule has 144 valence electrons. The molecule has 1 aliphatic heterocycles. The van der Waals surface area contributed by atoms with E-state index in [1.807, 2.05) is 24.3 Å². The number of hydrogen-bond acceptors (Lipinski definition) is 4. The number of aryl methyl sites for hydroxylation is 1. The highest BCUT2D eigenvalue weighted by Crippen LogP contribution is 2.33. The van der Waals surface area contributed by atoms with E-state index in [0.717, 1.165) is 17.7 Å². The minimum atomic E-state index is -0.563. The maximum atomic E-state index is 14.3. The SMILES string of the molecule is Cc1onc(-c2c(F)cccc2Cl)c1C(=O)NCC1COc2ccccc2C1. The van der Waals surface area contributed by atoms with Crippen LogP contribution >= 0.6 is 11.6 Å². The summed E-state index contributed by atoms with van der Waals surface area (Å²) in [6, 6.07) is 12.2. The van der Waals surface area contributed by atoms with Crippen LogP contribution < -0.4 is 10.1 Å². The van der Waals surface area contributed by atoms with Crippen LogP contribution in [0, 0.1) is 18.7 Å². The Morgan fingerprint density at radius 3 is 2.93 bits per heavy atom. The third-order valence-corrected chi connectivity index (χ3v) is 5.11. The van der Waals surface area contributed by atoms with Crippen LogP contribution in [0.3, 0.4) is 0 Å². The van der Waals surface area contributed by atoms with E-state index in [1.165, 1.54) is 12.1 Å². The summed E-state index contributed by atoms with van der Waals surface area (Å²) in [4.78, 5) is 12.8. The molecule has 0 saturated carbocycles. The zero-order valence-electron chi connectivity index (χ0n) is 15.2. The molecule has 3 aromatic rings. The van der Waals surface area contributed by atoms with Crippen molar-refractivity contribution in [2.24, 2.45) is 5.92 Å². The largest absolute Gasteiger partial charge is 0.493 e. The zero-order chi connectivity index (χ0) is 19.7. The van der Waals surface area contributed by atoms with Gasteiger partial charge in [-0.2, -0.15) is 0 Å². The van der Waals surface area contributed by atoms with E-state index in [0.29, 0.717) is 18.9 Å². The first kappa shape index (κ1) is 18.5. The lowest BCUT2D eigenvalue weighted by Crippen LogP contribution is -2.35. The number of rotatable bonds is 4. The summed E-state index contributed by atoms with van der Waals surface area (Å²) in [6.07, 6.45) is 0.811. The second-order valence-electron chi connectivity index (χ2n) is 6.76. The molecule has 0 radical (unpaired) electrons. The number of hydrogen-bond donors (Lipinski definition) is 1. The molecular formula is C21H18ClFN2O3. The van der Waals surface area contributed by atoms with E-state index in [-0.39, 0.29) is 33.7 Å². The Hall–Kier alpha value is -2.86. The average Bonchev–Trinajstić information content (AvgIpc) is 3.07. The summed E-state index contributed by atoms with van der Waals surface area (Å²) >= 11 is 6.13. The van der Waals surface area contributed by atoms with Crippen molar-refractivity contribution in [3.8, 4) is 17.0 Å². The van der Waals surface area contributed by atoms with E-state index in [1.54, 1.807) is 13.0 Å². The number of halogens is 2. The standard InChI is InChI=1S/C21H18ClFN2O3/c1-12-18(20(25-28-12)19-15(22)6-4-7-16(19)23)21(26)24-10-13-9-14-5-2-3-8-17(14)27-11-13/h2-8,13H,9-11H2,1H3,(H,24,26). The molecule has 1 atom stereocenters. The van der Waals surface area contributed by atoms with E-state index in [4.69, 9.17) is 20.9 Å². The van der Waals surface area contributed by atoms with Crippen LogP contribution in [0.1, 0.15) is 21.7 Å². The number of benzene rings is 2. The number of aromatic nitrogens is 1. The number of fused-ring (bicyclic) bond motifs is 1. The number of carbonyl (C=O) groups excluding carboxylic acids is 1. The van der Waals surface area contributed by atoms with Gasteiger partial charge in [-0.1, -0.05) is 41.0 Å². The molecule has 4 rings (SSSR count). The van der Waals surface area contributed by atoms with Gasteiger partial charge in [0.05, 0.1) is 17.2 Å². The Morgan fingerprint density at radius 2 is 2.11 bits per heavy atom. The van der Waals surface area contributed by atoms with Gasteiger partial charge in [-0.05, 0) is 37.1 Å². The van der Waals surface area contributed by atoms with Crippen LogP contribution in [-0.4, -0.2) is 24.2 Å². The Labute approximate surface area is 166 Å². The molecule has 1 unspecified atom stereocenters. The molecule has 28 heavy (non-hydrogen) atoms. The van der Waals surface area contributed by atoms with E-state index in [2.05, 4.69) is 10.5 Å². The van der Waals surface area contributed by atoms with E-state index in [9.17, 15) is 9.18 Å². The molecule has 5 nitrogen and oxygen atoms in total. The third kappa shape index (κ3) is 3.47. The summed E-state index contributed by atoms with van der Waals surface area (Å²) in [5.74, 6) is 0.382. The Bertz CT molecular complexity index is 1010. The maximum Gasteiger partial charge on any atom is 0.257 e. The van der Waals surface area contributed by atoms with Gasteiger partial charge >= 0.3 is 0 Å². The molecule has 1 amide bonds. The highest BCUT2D eigenvalue weighted by Gasteiger charge is 2.26. The summed E-state index contributed by atoms with van der Waals surface area (Å²) in [7, 11) is 0. The van der Waals surface area contributed by atoms with Crippen LogP contribution in [0.25, 0.3) is 11.3 Å². The number of amides is 1. The van der Waals surface area contributed by atoms with Gasteiger partial charge in [0.2, 0.25) is 0 Å². The van der Waals surface area contributed by atoms with Gasteiger partial charge in [0, 0.05) is 12.5 Å². The quantitative estimate of drug-likeness (QED) is 0.704. The van der Waals surface area contributed by atoms with E-state index < -0.39 is 5.82 Å². The lowest BCUT2D eigenvalue weighted by Gasteiger charge is -2.25. The predicted octanol–water partition coefficient (Wildman–Crippen LogP) is 4.42. The van der Waals surface area contributed by atoms with Crippen molar-refractivity contribution >= 4 is 17.5 Å². The Balaban J connectivity index is 1.52. The molecule has 0 saturated heterocycles. The van der Waals surface area contributed by atoms with Gasteiger partial charge in [0.25, 0.3) is 5.91 Å². The van der Waals surface area contributed by atoms with Gasteiger partial charge in [-0.15, -0.1) is 0 Å². The first-order valence-corrected chi connectivity index (χ1v) is 9.32. The van der Waals surface area contributed by atoms with Gasteiger partial charge in [-0.3, -0.25) is 4.79 Å². The maximum absolute atomic E-state index is 14.3. The molecule has 2 heterocycles. The van der Waals surface area contributed by atoms with E-state index >= 15 is 0 Å². The van der Waals surface area contributed by atoms with Crippen molar-refractivity contribution in [3.05, 3.63) is 70.2 Å². The monoisotopic (exact) mass is 400 g/mol. The molecule has 0 spiro atoms. The molecule has 0 fully saturated rings. The van der Waals surface area contributed by atoms with Crippen molar-refractivity contribution in [2.75, 3.05) is 13.2 Å². The molecular weight excluding hydrogens is 383 g/mol. The fraction of sp³-hybridized carbons (Fsp3) is 0.238. The number of carbonyl (C=O) groups is 1. The van der Waals surface area contributed by atoms with Crippen molar-refractivity contribution in [3.63, 3.8) is 0 Å². The minimum absolute atomic E-state index is 0.0566. The Morgan fingerprint density at radius 1 is 1.29 bits per heavy atom. The number of nitrogens with zero attached hydrogens (tertiary/aromatic N) is 1. The highest BCUT2D eigenvalue weighted by atomic mass is 35.5. The smallest absolute Gasteiger partial charge is 0.257 e. The van der Waals surface area contributed by atoms with Crippen molar-refractivity contribution in [1.82, 2.24) is 10.5 Å². The average molecular weight is 401 g/mol. The number of para-hydroxylation sites is 1. The van der Waals surface area contributed by atoms with Crippen LogP contribution in [0.15, 0.2) is 47.0 Å². The second kappa shape index (κ2) is 7.64. The molecule has 1 N–H and O–H groups in total. The normalized spacial score (nSPS) is 15.6. The first-order chi connectivity index (χ1) is 13.5. The van der Waals surface area contributed by atoms with Gasteiger partial charge in [-0.25, -0.2) is 4.39 Å². The molecule has 0 bridgehead atoms. The topological polar surface area (TPSA) is 64.4 Å². The van der Waals surface area contributed by atoms with Crippen molar-refractivity contribution in [2.45, 2.75) is 13.3 Å². The van der Waals surface area contributed by atoms with Crippen LogP contribution in [0.4, 0.5) is 4.39 Å². The zero-order valence-corrected chi connectivity index (χ0v) is 15.9. The summed E-state index contributed by atoms with van der Waals surface area (Å²) in [5, 5.41) is 6.93.